The minimum Gasteiger partial charge on any atom is -0.480 e. The van der Waals surface area contributed by atoms with E-state index in [2.05, 4.69) is 15.9 Å². The van der Waals surface area contributed by atoms with Gasteiger partial charge in [-0.15, -0.1) is 0 Å². The second kappa shape index (κ2) is 8.16. The highest BCUT2D eigenvalue weighted by Crippen LogP contribution is 2.14. The molecule has 1 N–H and O–H groups in total. The number of carbonyl (C=O) groups is 2. The fourth-order valence-corrected chi connectivity index (χ4v) is 2.89. The highest BCUT2D eigenvalue weighted by Gasteiger charge is 2.12. The Morgan fingerprint density at radius 2 is 1.90 bits per heavy atom. The molecule has 110 valence electrons. The molecule has 1 unspecified atom stereocenters. The van der Waals surface area contributed by atoms with Crippen LogP contribution in [0.25, 0.3) is 0 Å². The summed E-state index contributed by atoms with van der Waals surface area (Å²) in [6, 6.07) is 7.19. The van der Waals surface area contributed by atoms with Crippen LogP contribution in [-0.2, 0) is 20.4 Å². The summed E-state index contributed by atoms with van der Waals surface area (Å²) in [4.78, 5) is 23.9. The summed E-state index contributed by atoms with van der Waals surface area (Å²) in [6.07, 6.45) is 0.664. The number of likely N-dealkylation sites (N-methyl/N-ethyl adjacent to an activating group) is 1. The van der Waals surface area contributed by atoms with E-state index in [0.29, 0.717) is 12.2 Å². The molecule has 0 saturated heterocycles. The molecule has 7 heteroatoms. The number of carboxylic acid groups (broad SMARTS) is 1. The number of hydrogen-bond acceptors (Lipinski definition) is 3. The van der Waals surface area contributed by atoms with Gasteiger partial charge in [-0.25, -0.2) is 0 Å². The highest BCUT2D eigenvalue weighted by molar-refractivity contribution is 9.10. The predicted molar refractivity (Wildman–Crippen MR) is 79.9 cm³/mol. The average Bonchev–Trinajstić information content (AvgIpc) is 2.38. The van der Waals surface area contributed by atoms with Crippen LogP contribution < -0.4 is 0 Å². The third-order valence-electron chi connectivity index (χ3n) is 2.60. The molecule has 0 aromatic heterocycles. The number of benzene rings is 1. The summed E-state index contributed by atoms with van der Waals surface area (Å²) in [7, 11) is 0.307. The zero-order chi connectivity index (χ0) is 15.1. The van der Waals surface area contributed by atoms with Crippen molar-refractivity contribution in [1.82, 2.24) is 4.90 Å². The molecule has 5 nitrogen and oxygen atoms in total. The zero-order valence-corrected chi connectivity index (χ0v) is 13.4. The maximum atomic E-state index is 12.0. The van der Waals surface area contributed by atoms with Crippen molar-refractivity contribution in [2.24, 2.45) is 0 Å². The summed E-state index contributed by atoms with van der Waals surface area (Å²) < 4.78 is 12.9. The molecule has 1 atom stereocenters. The van der Waals surface area contributed by atoms with Crippen LogP contribution in [0.5, 0.6) is 0 Å². The Hall–Kier alpha value is -1.21. The molecule has 0 bridgehead atoms. The monoisotopic (exact) mass is 361 g/mol. The van der Waals surface area contributed by atoms with Crippen molar-refractivity contribution >= 4 is 38.6 Å². The third kappa shape index (κ3) is 5.83. The van der Waals surface area contributed by atoms with Gasteiger partial charge in [0.25, 0.3) is 0 Å². The summed E-state index contributed by atoms with van der Waals surface area (Å²) in [5, 5.41) is 8.57. The largest absolute Gasteiger partial charge is 0.480 e. The van der Waals surface area contributed by atoms with Crippen molar-refractivity contribution in [3.8, 4) is 0 Å². The van der Waals surface area contributed by atoms with E-state index >= 15 is 0 Å². The Balaban J connectivity index is 2.37. The van der Waals surface area contributed by atoms with Crippen LogP contribution in [0, 0.1) is 0 Å². The van der Waals surface area contributed by atoms with Crippen molar-refractivity contribution in [1.29, 1.82) is 0 Å². The lowest BCUT2D eigenvalue weighted by atomic mass is 10.3. The van der Waals surface area contributed by atoms with Crippen molar-refractivity contribution in [3.63, 3.8) is 0 Å². The standard InChI is InChI=1S/C13H16BrNO4S/c1-15(9-13(17)18)12(16)3-2-8-20(19)11-6-4-10(14)5-7-11/h4-7H,2-3,8-9H2,1H3,(H,17,18). The molecule has 0 spiro atoms. The van der Waals surface area contributed by atoms with Gasteiger partial charge < -0.3 is 10.0 Å². The van der Waals surface area contributed by atoms with Crippen molar-refractivity contribution in [3.05, 3.63) is 28.7 Å². The van der Waals surface area contributed by atoms with Crippen LogP contribution in [0.2, 0.25) is 0 Å². The lowest BCUT2D eigenvalue weighted by Crippen LogP contribution is -2.31. The first-order chi connectivity index (χ1) is 9.40. The number of hydrogen-bond donors (Lipinski definition) is 1. The zero-order valence-electron chi connectivity index (χ0n) is 11.0. The first kappa shape index (κ1) is 16.8. The predicted octanol–water partition coefficient (Wildman–Crippen LogP) is 1.88. The van der Waals surface area contributed by atoms with Gasteiger partial charge in [0.1, 0.15) is 6.54 Å². The van der Waals surface area contributed by atoms with Crippen LogP contribution in [0.15, 0.2) is 33.6 Å². The van der Waals surface area contributed by atoms with Crippen LogP contribution in [-0.4, -0.2) is 45.4 Å². The van der Waals surface area contributed by atoms with Gasteiger partial charge >= 0.3 is 5.97 Å². The van der Waals surface area contributed by atoms with Gasteiger partial charge in [0.05, 0.1) is 10.8 Å². The Kier molecular flexibility index (Phi) is 6.87. The van der Waals surface area contributed by atoms with Gasteiger partial charge in [0.15, 0.2) is 0 Å². The SMILES string of the molecule is CN(CC(=O)O)C(=O)CCCS(=O)c1ccc(Br)cc1. The summed E-state index contributed by atoms with van der Waals surface area (Å²) >= 11 is 3.30. The molecule has 0 heterocycles. The second-order valence-electron chi connectivity index (χ2n) is 4.25. The molecule has 1 amide bonds. The maximum absolute atomic E-state index is 12.0. The quantitative estimate of drug-likeness (QED) is 0.804. The molecular weight excluding hydrogens is 346 g/mol. The Morgan fingerprint density at radius 3 is 2.45 bits per heavy atom. The summed E-state index contributed by atoms with van der Waals surface area (Å²) in [5.74, 6) is -0.909. The molecule has 20 heavy (non-hydrogen) atoms. The molecule has 1 aromatic rings. The molecule has 0 aliphatic rings. The number of amides is 1. The molecule has 0 aliphatic carbocycles. The fraction of sp³-hybridized carbons (Fsp3) is 0.385. The second-order valence-corrected chi connectivity index (χ2v) is 6.74. The summed E-state index contributed by atoms with van der Waals surface area (Å²) in [6.45, 7) is -0.311. The smallest absolute Gasteiger partial charge is 0.323 e. The molecular formula is C13H16BrNO4S. The number of halogens is 1. The normalized spacial score (nSPS) is 11.9. The Morgan fingerprint density at radius 1 is 1.30 bits per heavy atom. The van der Waals surface area contributed by atoms with Crippen molar-refractivity contribution in [2.75, 3.05) is 19.3 Å². The minimum absolute atomic E-state index is 0.200. The van der Waals surface area contributed by atoms with E-state index in [9.17, 15) is 13.8 Å². The highest BCUT2D eigenvalue weighted by atomic mass is 79.9. The van der Waals surface area contributed by atoms with Gasteiger partial charge in [-0.3, -0.25) is 13.8 Å². The lowest BCUT2D eigenvalue weighted by molar-refractivity contribution is -0.143. The van der Waals surface area contributed by atoms with Gasteiger partial charge in [0.2, 0.25) is 5.91 Å². The van der Waals surface area contributed by atoms with Crippen LogP contribution >= 0.6 is 15.9 Å². The first-order valence-corrected chi connectivity index (χ1v) is 8.11. The van der Waals surface area contributed by atoms with E-state index in [1.807, 2.05) is 12.1 Å². The van der Waals surface area contributed by atoms with Crippen LogP contribution in [0.1, 0.15) is 12.8 Å². The molecule has 0 fully saturated rings. The third-order valence-corrected chi connectivity index (χ3v) is 4.58. The number of rotatable bonds is 7. The molecule has 0 aliphatic heterocycles. The van der Waals surface area contributed by atoms with E-state index in [1.54, 1.807) is 12.1 Å². The Labute approximate surface area is 128 Å². The van der Waals surface area contributed by atoms with Gasteiger partial charge in [-0.1, -0.05) is 15.9 Å². The maximum Gasteiger partial charge on any atom is 0.323 e. The van der Waals surface area contributed by atoms with Gasteiger partial charge in [0, 0.05) is 28.6 Å². The van der Waals surface area contributed by atoms with Crippen molar-refractivity contribution < 1.29 is 18.9 Å². The minimum atomic E-state index is -1.14. The fourth-order valence-electron chi connectivity index (χ4n) is 1.54. The van der Waals surface area contributed by atoms with E-state index in [4.69, 9.17) is 5.11 Å². The van der Waals surface area contributed by atoms with E-state index in [0.717, 1.165) is 14.3 Å². The average molecular weight is 362 g/mol. The lowest BCUT2D eigenvalue weighted by Gasteiger charge is -2.14. The number of carbonyl (C=O) groups excluding carboxylic acids is 1. The number of carboxylic acids is 1. The van der Waals surface area contributed by atoms with Gasteiger partial charge in [-0.2, -0.15) is 0 Å². The molecule has 1 aromatic carbocycles. The molecule has 0 saturated carbocycles. The van der Waals surface area contributed by atoms with Gasteiger partial charge in [-0.05, 0) is 30.7 Å². The Bertz CT molecular complexity index is 504. The molecule has 1 rings (SSSR count). The van der Waals surface area contributed by atoms with Crippen LogP contribution in [0.3, 0.4) is 0 Å². The van der Waals surface area contributed by atoms with E-state index in [1.165, 1.54) is 7.05 Å². The van der Waals surface area contributed by atoms with E-state index < -0.39 is 16.8 Å². The molecule has 0 radical (unpaired) electrons. The van der Waals surface area contributed by atoms with E-state index in [-0.39, 0.29) is 18.9 Å². The topological polar surface area (TPSA) is 74.7 Å². The van der Waals surface area contributed by atoms with Crippen molar-refractivity contribution in [2.45, 2.75) is 17.7 Å². The van der Waals surface area contributed by atoms with Crippen LogP contribution in [0.4, 0.5) is 0 Å². The number of nitrogens with zero attached hydrogens (tertiary/aromatic N) is 1. The summed E-state index contributed by atoms with van der Waals surface area (Å²) in [5.41, 5.74) is 0. The number of aliphatic carboxylic acids is 1. The first-order valence-electron chi connectivity index (χ1n) is 6.00.